The summed E-state index contributed by atoms with van der Waals surface area (Å²) >= 11 is 17.4. The zero-order chi connectivity index (χ0) is 13.8. The predicted molar refractivity (Wildman–Crippen MR) is 69.6 cm³/mol. The molecular weight excluding hydrogens is 303 g/mol. The molecule has 0 fully saturated rings. The largest absolute Gasteiger partial charge is 0.450 e. The van der Waals surface area contributed by atoms with Gasteiger partial charge < -0.3 is 10.1 Å². The van der Waals surface area contributed by atoms with E-state index in [-0.39, 0.29) is 6.61 Å². The summed E-state index contributed by atoms with van der Waals surface area (Å²) in [6, 6.07) is 4.35. The first kappa shape index (κ1) is 15.3. The predicted octanol–water partition coefficient (Wildman–Crippen LogP) is 3.98. The van der Waals surface area contributed by atoms with Crippen LogP contribution in [0.5, 0.6) is 0 Å². The fraction of sp³-hybridized carbons (Fsp3) is 0.364. The van der Waals surface area contributed by atoms with E-state index >= 15 is 0 Å². The van der Waals surface area contributed by atoms with Crippen molar-refractivity contribution in [2.24, 2.45) is 0 Å². The van der Waals surface area contributed by atoms with Gasteiger partial charge in [0.15, 0.2) is 0 Å². The van der Waals surface area contributed by atoms with E-state index in [1.807, 2.05) is 0 Å². The van der Waals surface area contributed by atoms with E-state index in [1.54, 1.807) is 6.92 Å². The second-order valence-corrected chi connectivity index (χ2v) is 5.76. The van der Waals surface area contributed by atoms with Crippen LogP contribution in [0.3, 0.4) is 0 Å². The highest BCUT2D eigenvalue weighted by atomic mass is 35.6. The van der Waals surface area contributed by atoms with Gasteiger partial charge in [-0.3, -0.25) is 0 Å². The van der Waals surface area contributed by atoms with Crippen molar-refractivity contribution in [2.45, 2.75) is 16.8 Å². The molecule has 1 N–H and O–H groups in total. The Kier molecular flexibility index (Phi) is 5.50. The van der Waals surface area contributed by atoms with Gasteiger partial charge in [-0.1, -0.05) is 46.9 Å². The van der Waals surface area contributed by atoms with Crippen LogP contribution in [0.15, 0.2) is 24.3 Å². The first-order valence-corrected chi connectivity index (χ1v) is 6.23. The van der Waals surface area contributed by atoms with Crippen LogP contribution < -0.4 is 5.32 Å². The van der Waals surface area contributed by atoms with Crippen LogP contribution in [0.1, 0.15) is 18.5 Å². The molecule has 0 spiro atoms. The Hall–Kier alpha value is -0.710. The lowest BCUT2D eigenvalue weighted by molar-refractivity contribution is 0.148. The summed E-state index contributed by atoms with van der Waals surface area (Å²) in [5.41, 5.74) is 0.462. The fourth-order valence-corrected chi connectivity index (χ4v) is 1.84. The molecule has 0 aliphatic carbocycles. The molecule has 7 heteroatoms. The van der Waals surface area contributed by atoms with Gasteiger partial charge in [0.2, 0.25) is 3.79 Å². The first-order chi connectivity index (χ1) is 8.34. The zero-order valence-corrected chi connectivity index (χ0v) is 11.7. The van der Waals surface area contributed by atoms with Crippen LogP contribution in [-0.4, -0.2) is 16.5 Å². The molecule has 0 aliphatic rings. The number of hydrogen-bond acceptors (Lipinski definition) is 2. The maximum Gasteiger partial charge on any atom is 0.407 e. The van der Waals surface area contributed by atoms with Gasteiger partial charge in [0.05, 0.1) is 6.61 Å². The summed E-state index contributed by atoms with van der Waals surface area (Å²) in [5.74, 6) is -0.419. The number of carbonyl (C=O) groups is 1. The third-order valence-electron chi connectivity index (χ3n) is 2.07. The number of benzene rings is 1. The highest BCUT2D eigenvalue weighted by Gasteiger charge is 2.35. The SMILES string of the molecule is CCOC(=O)NC(c1ccc(F)cc1)C(Cl)(Cl)Cl. The molecule has 0 aromatic heterocycles. The van der Waals surface area contributed by atoms with Crippen molar-refractivity contribution >= 4 is 40.9 Å². The summed E-state index contributed by atoms with van der Waals surface area (Å²) < 4.78 is 15.8. The summed E-state index contributed by atoms with van der Waals surface area (Å²) in [6.45, 7) is 1.85. The van der Waals surface area contributed by atoms with E-state index in [0.717, 1.165) is 0 Å². The maximum atomic E-state index is 12.8. The number of rotatable bonds is 3. The van der Waals surface area contributed by atoms with Crippen LogP contribution in [0.25, 0.3) is 0 Å². The van der Waals surface area contributed by atoms with Gasteiger partial charge in [-0.25, -0.2) is 9.18 Å². The quantitative estimate of drug-likeness (QED) is 0.857. The molecule has 1 aromatic carbocycles. The molecule has 100 valence electrons. The normalized spacial score (nSPS) is 12.9. The van der Waals surface area contributed by atoms with Crippen LogP contribution in [-0.2, 0) is 4.74 Å². The Morgan fingerprint density at radius 3 is 2.39 bits per heavy atom. The Bertz CT molecular complexity index is 406. The highest BCUT2D eigenvalue weighted by molar-refractivity contribution is 6.68. The van der Waals surface area contributed by atoms with Crippen molar-refractivity contribution in [3.05, 3.63) is 35.6 Å². The third-order valence-corrected chi connectivity index (χ3v) is 2.72. The van der Waals surface area contributed by atoms with Gasteiger partial charge in [0.25, 0.3) is 0 Å². The third kappa shape index (κ3) is 4.52. The monoisotopic (exact) mass is 313 g/mol. The Labute approximate surface area is 119 Å². The Morgan fingerprint density at radius 1 is 1.39 bits per heavy atom. The molecule has 1 aromatic rings. The fourth-order valence-electron chi connectivity index (χ4n) is 1.30. The lowest BCUT2D eigenvalue weighted by Crippen LogP contribution is -2.36. The van der Waals surface area contributed by atoms with Crippen molar-refractivity contribution in [2.75, 3.05) is 6.61 Å². The summed E-state index contributed by atoms with van der Waals surface area (Å²) in [7, 11) is 0. The number of carbonyl (C=O) groups excluding carboxylic acids is 1. The second kappa shape index (κ2) is 6.45. The molecule has 0 heterocycles. The van der Waals surface area contributed by atoms with Crippen LogP contribution in [0, 0.1) is 5.82 Å². The Balaban J connectivity index is 2.92. The van der Waals surface area contributed by atoms with Crippen molar-refractivity contribution in [1.82, 2.24) is 5.32 Å². The number of ether oxygens (including phenoxy) is 1. The smallest absolute Gasteiger partial charge is 0.407 e. The molecule has 0 saturated heterocycles. The van der Waals surface area contributed by atoms with Gasteiger partial charge >= 0.3 is 6.09 Å². The van der Waals surface area contributed by atoms with Crippen molar-refractivity contribution in [3.8, 4) is 0 Å². The van der Waals surface area contributed by atoms with Crippen LogP contribution in [0.2, 0.25) is 0 Å². The van der Waals surface area contributed by atoms with Gasteiger partial charge in [0, 0.05) is 0 Å². The summed E-state index contributed by atoms with van der Waals surface area (Å²) in [4.78, 5) is 11.4. The van der Waals surface area contributed by atoms with Gasteiger partial charge in [0.1, 0.15) is 11.9 Å². The number of hydrogen-bond donors (Lipinski definition) is 1. The van der Waals surface area contributed by atoms with Crippen LogP contribution >= 0.6 is 34.8 Å². The molecule has 1 amide bonds. The standard InChI is InChI=1S/C11H11Cl3FNO2/c1-2-18-10(17)16-9(11(12,13)14)7-3-5-8(15)6-4-7/h3-6,9H,2H2,1H3,(H,16,17). The molecule has 0 radical (unpaired) electrons. The highest BCUT2D eigenvalue weighted by Crippen LogP contribution is 2.39. The molecule has 0 aliphatic heterocycles. The summed E-state index contributed by atoms with van der Waals surface area (Å²) in [5, 5.41) is 2.41. The molecule has 3 nitrogen and oxygen atoms in total. The minimum atomic E-state index is -1.77. The lowest BCUT2D eigenvalue weighted by Gasteiger charge is -2.25. The lowest BCUT2D eigenvalue weighted by atomic mass is 10.1. The summed E-state index contributed by atoms with van der Waals surface area (Å²) in [6.07, 6.45) is -0.710. The van der Waals surface area contributed by atoms with E-state index in [4.69, 9.17) is 39.5 Å². The van der Waals surface area contributed by atoms with Crippen LogP contribution in [0.4, 0.5) is 9.18 Å². The number of halogens is 4. The molecule has 0 bridgehead atoms. The first-order valence-electron chi connectivity index (χ1n) is 5.10. The van der Waals surface area contributed by atoms with E-state index in [1.165, 1.54) is 24.3 Å². The molecule has 1 rings (SSSR count). The molecule has 18 heavy (non-hydrogen) atoms. The number of alkyl carbamates (subject to hydrolysis) is 1. The van der Waals surface area contributed by atoms with E-state index in [2.05, 4.69) is 5.32 Å². The van der Waals surface area contributed by atoms with Crippen molar-refractivity contribution < 1.29 is 13.9 Å². The minimum Gasteiger partial charge on any atom is -0.450 e. The van der Waals surface area contributed by atoms with E-state index < -0.39 is 21.7 Å². The topological polar surface area (TPSA) is 38.3 Å². The molecule has 0 saturated carbocycles. The maximum absolute atomic E-state index is 12.8. The minimum absolute atomic E-state index is 0.196. The van der Waals surface area contributed by atoms with E-state index in [9.17, 15) is 9.18 Å². The average Bonchev–Trinajstić information content (AvgIpc) is 2.26. The molecular formula is C11H11Cl3FNO2. The number of alkyl halides is 3. The second-order valence-electron chi connectivity index (χ2n) is 3.39. The van der Waals surface area contributed by atoms with Crippen molar-refractivity contribution in [3.63, 3.8) is 0 Å². The Morgan fingerprint density at radius 2 is 1.94 bits per heavy atom. The number of nitrogens with one attached hydrogen (secondary N) is 1. The molecule has 1 unspecified atom stereocenters. The zero-order valence-electron chi connectivity index (χ0n) is 9.42. The van der Waals surface area contributed by atoms with Gasteiger partial charge in [-0.05, 0) is 24.6 Å². The van der Waals surface area contributed by atoms with Crippen molar-refractivity contribution in [1.29, 1.82) is 0 Å². The van der Waals surface area contributed by atoms with Gasteiger partial charge in [-0.2, -0.15) is 0 Å². The average molecular weight is 315 g/mol. The van der Waals surface area contributed by atoms with E-state index in [0.29, 0.717) is 5.56 Å². The van der Waals surface area contributed by atoms with Gasteiger partial charge in [-0.15, -0.1) is 0 Å². The number of amides is 1. The molecule has 1 atom stereocenters.